The van der Waals surface area contributed by atoms with Gasteiger partial charge in [0, 0.05) is 12.6 Å². The molecule has 0 spiro atoms. The standard InChI is InChI=1S/C30H37N3O5S/c1-22(2)31-30(35)24(4)32(19-26-14-10-9-11-23(26)3)29(34)20-33(39(5,36)37)27-15-17-28(18-16-27)38-21-25-12-7-6-8-13-25/h6-18,22,24H,19-21H2,1-5H3,(H,31,35). The van der Waals surface area contributed by atoms with Crippen molar-refractivity contribution < 1.29 is 22.7 Å². The van der Waals surface area contributed by atoms with Crippen LogP contribution in [0.15, 0.2) is 78.9 Å². The molecule has 0 aromatic heterocycles. The van der Waals surface area contributed by atoms with Gasteiger partial charge in [-0.2, -0.15) is 0 Å². The average Bonchev–Trinajstić information content (AvgIpc) is 2.89. The number of hydrogen-bond acceptors (Lipinski definition) is 5. The largest absolute Gasteiger partial charge is 0.489 e. The van der Waals surface area contributed by atoms with Gasteiger partial charge >= 0.3 is 0 Å². The van der Waals surface area contributed by atoms with E-state index in [0.29, 0.717) is 18.0 Å². The van der Waals surface area contributed by atoms with Crippen molar-refractivity contribution in [3.05, 3.63) is 95.6 Å². The number of aryl methyl sites for hydroxylation is 1. The van der Waals surface area contributed by atoms with E-state index < -0.39 is 28.5 Å². The number of ether oxygens (including phenoxy) is 1. The van der Waals surface area contributed by atoms with Crippen molar-refractivity contribution in [1.29, 1.82) is 0 Å². The van der Waals surface area contributed by atoms with Crippen molar-refractivity contribution in [1.82, 2.24) is 10.2 Å². The van der Waals surface area contributed by atoms with Gasteiger partial charge in [0.15, 0.2) is 0 Å². The first-order valence-electron chi connectivity index (χ1n) is 12.8. The Kier molecular flexibility index (Phi) is 10.1. The van der Waals surface area contributed by atoms with Crippen LogP contribution in [0.2, 0.25) is 0 Å². The van der Waals surface area contributed by atoms with Crippen LogP contribution in [0.25, 0.3) is 0 Å². The van der Waals surface area contributed by atoms with Gasteiger partial charge in [0.1, 0.15) is 24.9 Å². The number of amides is 2. The molecule has 0 radical (unpaired) electrons. The summed E-state index contributed by atoms with van der Waals surface area (Å²) in [6.07, 6.45) is 1.06. The highest BCUT2D eigenvalue weighted by Gasteiger charge is 2.30. The molecule has 2 amide bonds. The van der Waals surface area contributed by atoms with Crippen LogP contribution in [0.4, 0.5) is 5.69 Å². The monoisotopic (exact) mass is 551 g/mol. The summed E-state index contributed by atoms with van der Waals surface area (Å²) in [6, 6.07) is 22.9. The molecule has 9 heteroatoms. The third-order valence-corrected chi connectivity index (χ3v) is 7.39. The molecule has 0 aliphatic rings. The summed E-state index contributed by atoms with van der Waals surface area (Å²) in [5, 5.41) is 2.84. The molecule has 0 saturated carbocycles. The number of rotatable bonds is 12. The first-order valence-corrected chi connectivity index (χ1v) is 14.7. The van der Waals surface area contributed by atoms with Gasteiger partial charge in [-0.25, -0.2) is 8.42 Å². The number of nitrogens with one attached hydrogen (secondary N) is 1. The SMILES string of the molecule is Cc1ccccc1CN(C(=O)CN(c1ccc(OCc2ccccc2)cc1)S(C)(=O)=O)C(C)C(=O)NC(C)C. The van der Waals surface area contributed by atoms with E-state index in [0.717, 1.165) is 27.3 Å². The van der Waals surface area contributed by atoms with E-state index in [1.807, 2.05) is 75.4 Å². The van der Waals surface area contributed by atoms with Crippen molar-refractivity contribution in [2.75, 3.05) is 17.1 Å². The van der Waals surface area contributed by atoms with Gasteiger partial charge in [-0.1, -0.05) is 54.6 Å². The summed E-state index contributed by atoms with van der Waals surface area (Å²) in [6.45, 7) is 7.36. The molecule has 0 aliphatic heterocycles. The highest BCUT2D eigenvalue weighted by Crippen LogP contribution is 2.23. The molecule has 208 valence electrons. The molecule has 3 aromatic carbocycles. The molecule has 0 saturated heterocycles. The number of anilines is 1. The van der Waals surface area contributed by atoms with Gasteiger partial charge in [0.05, 0.1) is 11.9 Å². The summed E-state index contributed by atoms with van der Waals surface area (Å²) in [5.74, 6) is -0.222. The first-order chi connectivity index (χ1) is 18.5. The predicted molar refractivity (Wildman–Crippen MR) is 154 cm³/mol. The molecule has 0 aliphatic carbocycles. The quantitative estimate of drug-likeness (QED) is 0.363. The smallest absolute Gasteiger partial charge is 0.244 e. The second-order valence-corrected chi connectivity index (χ2v) is 11.7. The Morgan fingerprint density at radius 2 is 1.51 bits per heavy atom. The average molecular weight is 552 g/mol. The zero-order chi connectivity index (χ0) is 28.6. The fraction of sp³-hybridized carbons (Fsp3) is 0.333. The third-order valence-electron chi connectivity index (χ3n) is 6.25. The van der Waals surface area contributed by atoms with Crippen LogP contribution in [-0.2, 0) is 32.8 Å². The van der Waals surface area contributed by atoms with E-state index >= 15 is 0 Å². The minimum absolute atomic E-state index is 0.106. The van der Waals surface area contributed by atoms with E-state index in [-0.39, 0.29) is 18.5 Å². The number of carbonyl (C=O) groups excluding carboxylic acids is 2. The molecule has 8 nitrogen and oxygen atoms in total. The molecule has 3 rings (SSSR count). The fourth-order valence-electron chi connectivity index (χ4n) is 4.02. The number of benzene rings is 3. The van der Waals surface area contributed by atoms with Crippen LogP contribution in [0.1, 0.15) is 37.5 Å². The van der Waals surface area contributed by atoms with Crippen LogP contribution in [-0.4, -0.2) is 50.0 Å². The van der Waals surface area contributed by atoms with E-state index in [1.165, 1.54) is 4.90 Å². The Balaban J connectivity index is 1.83. The molecular formula is C30H37N3O5S. The van der Waals surface area contributed by atoms with Crippen molar-refractivity contribution in [3.8, 4) is 5.75 Å². The van der Waals surface area contributed by atoms with Crippen molar-refractivity contribution in [2.24, 2.45) is 0 Å². The van der Waals surface area contributed by atoms with Crippen LogP contribution in [0.5, 0.6) is 5.75 Å². The summed E-state index contributed by atoms with van der Waals surface area (Å²) >= 11 is 0. The van der Waals surface area contributed by atoms with Crippen LogP contribution in [0, 0.1) is 6.92 Å². The Morgan fingerprint density at radius 3 is 2.10 bits per heavy atom. The van der Waals surface area contributed by atoms with E-state index in [2.05, 4.69) is 5.32 Å². The topological polar surface area (TPSA) is 96.0 Å². The zero-order valence-corrected chi connectivity index (χ0v) is 23.9. The first kappa shape index (κ1) is 29.7. The lowest BCUT2D eigenvalue weighted by Gasteiger charge is -2.32. The molecule has 0 bridgehead atoms. The van der Waals surface area contributed by atoms with Crippen molar-refractivity contribution in [3.63, 3.8) is 0 Å². The van der Waals surface area contributed by atoms with Crippen molar-refractivity contribution in [2.45, 2.75) is 52.9 Å². The van der Waals surface area contributed by atoms with E-state index in [1.54, 1.807) is 31.2 Å². The lowest BCUT2D eigenvalue weighted by Crippen LogP contribution is -2.52. The summed E-state index contributed by atoms with van der Waals surface area (Å²) in [4.78, 5) is 28.0. The lowest BCUT2D eigenvalue weighted by molar-refractivity contribution is -0.139. The minimum Gasteiger partial charge on any atom is -0.489 e. The Hall–Kier alpha value is -3.85. The summed E-state index contributed by atoms with van der Waals surface area (Å²) in [5.41, 5.74) is 3.18. The molecule has 0 fully saturated rings. The van der Waals surface area contributed by atoms with E-state index in [9.17, 15) is 18.0 Å². The maximum Gasteiger partial charge on any atom is 0.244 e. The summed E-state index contributed by atoms with van der Waals surface area (Å²) < 4.78 is 32.4. The van der Waals surface area contributed by atoms with Gasteiger partial charge in [0.25, 0.3) is 0 Å². The number of nitrogens with zero attached hydrogens (tertiary/aromatic N) is 2. The minimum atomic E-state index is -3.82. The maximum absolute atomic E-state index is 13.7. The molecule has 1 atom stereocenters. The second kappa shape index (κ2) is 13.3. The Labute approximate surface area is 231 Å². The molecule has 0 heterocycles. The maximum atomic E-state index is 13.7. The Bertz CT molecular complexity index is 1360. The van der Waals surface area contributed by atoms with Crippen LogP contribution in [0.3, 0.4) is 0 Å². The van der Waals surface area contributed by atoms with Gasteiger partial charge in [-0.3, -0.25) is 13.9 Å². The highest BCUT2D eigenvalue weighted by molar-refractivity contribution is 7.92. The number of sulfonamides is 1. The van der Waals surface area contributed by atoms with Crippen molar-refractivity contribution >= 4 is 27.5 Å². The highest BCUT2D eigenvalue weighted by atomic mass is 32.2. The lowest BCUT2D eigenvalue weighted by atomic mass is 10.1. The molecule has 39 heavy (non-hydrogen) atoms. The van der Waals surface area contributed by atoms with Crippen LogP contribution < -0.4 is 14.4 Å². The number of hydrogen-bond donors (Lipinski definition) is 1. The Morgan fingerprint density at radius 1 is 0.897 bits per heavy atom. The molecule has 1 N–H and O–H groups in total. The van der Waals surface area contributed by atoms with Gasteiger partial charge < -0.3 is 15.0 Å². The summed E-state index contributed by atoms with van der Waals surface area (Å²) in [7, 11) is -3.82. The van der Waals surface area contributed by atoms with Gasteiger partial charge in [-0.15, -0.1) is 0 Å². The van der Waals surface area contributed by atoms with E-state index in [4.69, 9.17) is 4.74 Å². The molecule has 1 unspecified atom stereocenters. The van der Waals surface area contributed by atoms with Gasteiger partial charge in [-0.05, 0) is 68.7 Å². The normalized spacial score (nSPS) is 12.1. The number of carbonyl (C=O) groups is 2. The third kappa shape index (κ3) is 8.58. The fourth-order valence-corrected chi connectivity index (χ4v) is 4.87. The zero-order valence-electron chi connectivity index (χ0n) is 23.1. The second-order valence-electron chi connectivity index (χ2n) is 9.83. The van der Waals surface area contributed by atoms with Crippen LogP contribution >= 0.6 is 0 Å². The molecular weight excluding hydrogens is 514 g/mol. The van der Waals surface area contributed by atoms with Gasteiger partial charge in [0.2, 0.25) is 21.8 Å². The predicted octanol–water partition coefficient (Wildman–Crippen LogP) is 4.28. The molecule has 3 aromatic rings.